The van der Waals surface area contributed by atoms with E-state index < -0.39 is 0 Å². The van der Waals surface area contributed by atoms with E-state index in [4.69, 9.17) is 21.3 Å². The average molecular weight is 294 g/mol. The third kappa shape index (κ3) is 1.85. The molecule has 0 radical (unpaired) electrons. The van der Waals surface area contributed by atoms with E-state index in [1.54, 1.807) is 0 Å². The van der Waals surface area contributed by atoms with Crippen LogP contribution in [0.1, 0.15) is 44.0 Å². The predicted octanol–water partition coefficient (Wildman–Crippen LogP) is 3.56. The lowest BCUT2D eigenvalue weighted by atomic mass is 9.94. The Kier molecular flexibility index (Phi) is 3.26. The zero-order chi connectivity index (χ0) is 14.5. The summed E-state index contributed by atoms with van der Waals surface area (Å²) in [6.45, 7) is 9.09. The fraction of sp³-hybridized carbons (Fsp3) is 0.600. The van der Waals surface area contributed by atoms with Gasteiger partial charge < -0.3 is 9.30 Å². The summed E-state index contributed by atoms with van der Waals surface area (Å²) in [5, 5.41) is -0.159. The summed E-state index contributed by atoms with van der Waals surface area (Å²) in [5.74, 6) is 0.878. The summed E-state index contributed by atoms with van der Waals surface area (Å²) >= 11 is 6.37. The molecule has 3 heterocycles. The number of aromatic nitrogens is 3. The molecule has 0 spiro atoms. The van der Waals surface area contributed by atoms with Crippen molar-refractivity contribution in [1.82, 2.24) is 14.5 Å². The Hall–Kier alpha value is -1.13. The molecule has 0 saturated carbocycles. The molecule has 0 N–H and O–H groups in total. The molecule has 4 nitrogen and oxygen atoms in total. The molecule has 0 bridgehead atoms. The number of alkyl halides is 1. The molecular weight excluding hydrogens is 274 g/mol. The van der Waals surface area contributed by atoms with Crippen LogP contribution in [0.2, 0.25) is 0 Å². The molecule has 0 aromatic carbocycles. The zero-order valence-corrected chi connectivity index (χ0v) is 13.1. The molecular formula is C15H20ClN3O. The van der Waals surface area contributed by atoms with Gasteiger partial charge in [0.1, 0.15) is 11.3 Å². The molecule has 3 unspecified atom stereocenters. The summed E-state index contributed by atoms with van der Waals surface area (Å²) in [6.07, 6.45) is 2.91. The number of rotatable bonds is 2. The van der Waals surface area contributed by atoms with Crippen LogP contribution in [0.4, 0.5) is 0 Å². The van der Waals surface area contributed by atoms with Gasteiger partial charge in [-0.1, -0.05) is 0 Å². The van der Waals surface area contributed by atoms with E-state index in [9.17, 15) is 0 Å². The SMILES string of the molecule is Cc1ccnc2c1nc(C(C)Cl)n2C1(C)CCOC1C. The van der Waals surface area contributed by atoms with Crippen molar-refractivity contribution in [3.63, 3.8) is 0 Å². The lowest BCUT2D eigenvalue weighted by Gasteiger charge is -2.31. The van der Waals surface area contributed by atoms with E-state index in [2.05, 4.69) is 30.3 Å². The molecule has 20 heavy (non-hydrogen) atoms. The van der Waals surface area contributed by atoms with Crippen LogP contribution in [0.25, 0.3) is 11.2 Å². The Morgan fingerprint density at radius 1 is 1.55 bits per heavy atom. The largest absolute Gasteiger partial charge is 0.376 e. The van der Waals surface area contributed by atoms with Gasteiger partial charge in [-0.3, -0.25) is 0 Å². The van der Waals surface area contributed by atoms with Gasteiger partial charge in [0.2, 0.25) is 0 Å². The van der Waals surface area contributed by atoms with E-state index >= 15 is 0 Å². The monoisotopic (exact) mass is 293 g/mol. The summed E-state index contributed by atoms with van der Waals surface area (Å²) in [7, 11) is 0. The first-order chi connectivity index (χ1) is 9.45. The normalized spacial score (nSPS) is 28.1. The van der Waals surface area contributed by atoms with Gasteiger partial charge in [0.15, 0.2) is 5.65 Å². The fourth-order valence-corrected chi connectivity index (χ4v) is 3.15. The van der Waals surface area contributed by atoms with Crippen LogP contribution in [-0.4, -0.2) is 27.2 Å². The highest BCUT2D eigenvalue weighted by Gasteiger charge is 2.42. The molecule has 1 aliphatic heterocycles. The molecule has 2 aromatic heterocycles. The maximum Gasteiger partial charge on any atom is 0.160 e. The molecule has 3 atom stereocenters. The van der Waals surface area contributed by atoms with Gasteiger partial charge in [-0.25, -0.2) is 9.97 Å². The van der Waals surface area contributed by atoms with Crippen LogP contribution >= 0.6 is 11.6 Å². The van der Waals surface area contributed by atoms with E-state index in [0.717, 1.165) is 35.6 Å². The van der Waals surface area contributed by atoms with Crippen molar-refractivity contribution >= 4 is 22.8 Å². The first-order valence-corrected chi connectivity index (χ1v) is 7.49. The number of aryl methyl sites for hydroxylation is 1. The number of halogens is 1. The van der Waals surface area contributed by atoms with Crippen molar-refractivity contribution in [2.24, 2.45) is 0 Å². The number of hydrogen-bond acceptors (Lipinski definition) is 3. The Balaban J connectivity index is 2.33. The Bertz CT molecular complexity index is 652. The Morgan fingerprint density at radius 3 is 2.90 bits per heavy atom. The minimum Gasteiger partial charge on any atom is -0.376 e. The maximum absolute atomic E-state index is 6.37. The third-order valence-electron chi connectivity index (χ3n) is 4.49. The fourth-order valence-electron chi connectivity index (χ4n) is 3.00. The Labute approximate surface area is 124 Å². The molecule has 0 aliphatic carbocycles. The number of hydrogen-bond donors (Lipinski definition) is 0. The van der Waals surface area contributed by atoms with Crippen molar-refractivity contribution in [1.29, 1.82) is 0 Å². The molecule has 0 amide bonds. The molecule has 3 rings (SSSR count). The maximum atomic E-state index is 6.37. The van der Waals surface area contributed by atoms with Crippen LogP contribution in [-0.2, 0) is 10.3 Å². The summed E-state index contributed by atoms with van der Waals surface area (Å²) in [5.41, 5.74) is 2.83. The van der Waals surface area contributed by atoms with Crippen LogP contribution < -0.4 is 0 Å². The molecule has 1 aliphatic rings. The first-order valence-electron chi connectivity index (χ1n) is 7.05. The van der Waals surface area contributed by atoms with Crippen molar-refractivity contribution < 1.29 is 4.74 Å². The molecule has 1 fully saturated rings. The van der Waals surface area contributed by atoms with Gasteiger partial charge in [0, 0.05) is 12.8 Å². The van der Waals surface area contributed by atoms with Gasteiger partial charge in [0.25, 0.3) is 0 Å². The number of fused-ring (bicyclic) bond motifs is 1. The van der Waals surface area contributed by atoms with Gasteiger partial charge in [-0.2, -0.15) is 0 Å². The predicted molar refractivity (Wildman–Crippen MR) is 80.2 cm³/mol. The van der Waals surface area contributed by atoms with Gasteiger partial charge in [0.05, 0.1) is 17.0 Å². The minimum atomic E-state index is -0.159. The van der Waals surface area contributed by atoms with Crippen molar-refractivity contribution in [3.05, 3.63) is 23.7 Å². The highest BCUT2D eigenvalue weighted by Crippen LogP contribution is 2.39. The van der Waals surface area contributed by atoms with Gasteiger partial charge in [-0.15, -0.1) is 11.6 Å². The standard InChI is InChI=1S/C15H20ClN3O/c1-9-5-7-17-14-12(9)18-13(10(2)16)19(14)15(4)6-8-20-11(15)3/h5,7,10-11H,6,8H2,1-4H3. The van der Waals surface area contributed by atoms with Crippen molar-refractivity contribution in [2.75, 3.05) is 6.61 Å². The van der Waals surface area contributed by atoms with E-state index in [1.165, 1.54) is 0 Å². The van der Waals surface area contributed by atoms with Crippen molar-refractivity contribution in [3.8, 4) is 0 Å². The number of nitrogens with zero attached hydrogens (tertiary/aromatic N) is 3. The first kappa shape index (κ1) is 13.8. The lowest BCUT2D eigenvalue weighted by molar-refractivity contribution is 0.0761. The highest BCUT2D eigenvalue weighted by atomic mass is 35.5. The van der Waals surface area contributed by atoms with Crippen LogP contribution in [0, 0.1) is 6.92 Å². The second-order valence-electron chi connectivity index (χ2n) is 5.84. The number of imidazole rings is 1. The van der Waals surface area contributed by atoms with E-state index in [-0.39, 0.29) is 17.0 Å². The van der Waals surface area contributed by atoms with E-state index in [1.807, 2.05) is 19.2 Å². The Morgan fingerprint density at radius 2 is 2.30 bits per heavy atom. The molecule has 5 heteroatoms. The molecule has 2 aromatic rings. The highest BCUT2D eigenvalue weighted by molar-refractivity contribution is 6.20. The minimum absolute atomic E-state index is 0.122. The third-order valence-corrected chi connectivity index (χ3v) is 4.69. The average Bonchev–Trinajstić information content (AvgIpc) is 2.93. The van der Waals surface area contributed by atoms with Crippen molar-refractivity contribution in [2.45, 2.75) is 51.1 Å². The quantitative estimate of drug-likeness (QED) is 0.795. The molecule has 108 valence electrons. The van der Waals surface area contributed by atoms with Gasteiger partial charge >= 0.3 is 0 Å². The second-order valence-corrected chi connectivity index (χ2v) is 6.50. The second kappa shape index (κ2) is 4.71. The molecule has 1 saturated heterocycles. The summed E-state index contributed by atoms with van der Waals surface area (Å²) < 4.78 is 7.99. The number of ether oxygens (including phenoxy) is 1. The smallest absolute Gasteiger partial charge is 0.160 e. The van der Waals surface area contributed by atoms with E-state index in [0.29, 0.717) is 0 Å². The topological polar surface area (TPSA) is 39.9 Å². The summed E-state index contributed by atoms with van der Waals surface area (Å²) in [6, 6.07) is 1.99. The zero-order valence-electron chi connectivity index (χ0n) is 12.4. The van der Waals surface area contributed by atoms with Gasteiger partial charge in [-0.05, 0) is 45.7 Å². The van der Waals surface area contributed by atoms with Crippen LogP contribution in [0.15, 0.2) is 12.3 Å². The summed E-state index contributed by atoms with van der Waals surface area (Å²) in [4.78, 5) is 9.30. The van der Waals surface area contributed by atoms with Crippen LogP contribution in [0.5, 0.6) is 0 Å². The number of pyridine rings is 1. The lowest BCUT2D eigenvalue weighted by Crippen LogP contribution is -2.38. The van der Waals surface area contributed by atoms with Crippen LogP contribution in [0.3, 0.4) is 0 Å².